The number of likely N-dealkylation sites (tertiary alicyclic amines) is 1. The molecule has 2 aliphatic heterocycles. The highest BCUT2D eigenvalue weighted by molar-refractivity contribution is 7.90. The minimum Gasteiger partial charge on any atom is -0.494 e. The highest BCUT2D eigenvalue weighted by atomic mass is 32.2. The second kappa shape index (κ2) is 9.57. The van der Waals surface area contributed by atoms with Crippen LogP contribution in [0.4, 0.5) is 11.4 Å². The van der Waals surface area contributed by atoms with Gasteiger partial charge in [0, 0.05) is 18.8 Å². The van der Waals surface area contributed by atoms with E-state index in [4.69, 9.17) is 10.5 Å². The van der Waals surface area contributed by atoms with Gasteiger partial charge in [0.15, 0.2) is 0 Å². The zero-order chi connectivity index (χ0) is 21.7. The van der Waals surface area contributed by atoms with Gasteiger partial charge in [-0.05, 0) is 68.2 Å². The molecule has 2 aliphatic rings. The van der Waals surface area contributed by atoms with Crippen molar-refractivity contribution in [1.29, 1.82) is 0 Å². The molecule has 4 rings (SSSR count). The summed E-state index contributed by atoms with van der Waals surface area (Å²) in [7, 11) is -3.77. The Labute approximate surface area is 183 Å². The quantitative estimate of drug-likeness (QED) is 0.538. The van der Waals surface area contributed by atoms with Gasteiger partial charge >= 0.3 is 0 Å². The maximum Gasteiger partial charge on any atom is 0.287 e. The lowest BCUT2D eigenvalue weighted by Crippen LogP contribution is -2.29. The van der Waals surface area contributed by atoms with Crippen molar-refractivity contribution in [3.05, 3.63) is 48.0 Å². The summed E-state index contributed by atoms with van der Waals surface area (Å²) in [4.78, 5) is 2.62. The molecule has 2 aromatic carbocycles. The molecule has 8 nitrogen and oxygen atoms in total. The van der Waals surface area contributed by atoms with E-state index in [0.29, 0.717) is 24.5 Å². The number of nitrogens with two attached hydrogens (primary N) is 1. The molecule has 0 atom stereocenters. The number of ether oxygens (including phenoxy) is 1. The van der Waals surface area contributed by atoms with E-state index in [1.165, 1.54) is 37.9 Å². The van der Waals surface area contributed by atoms with Gasteiger partial charge in [-0.1, -0.05) is 18.6 Å². The monoisotopic (exact) mass is 443 g/mol. The first-order valence-corrected chi connectivity index (χ1v) is 12.1. The Kier molecular flexibility index (Phi) is 6.62. The summed E-state index contributed by atoms with van der Waals surface area (Å²) in [6.07, 6.45) is 4.70. The minimum atomic E-state index is -3.77. The number of rotatable bonds is 8. The summed E-state index contributed by atoms with van der Waals surface area (Å²) in [5.41, 5.74) is 7.94. The number of piperidine rings is 1. The summed E-state index contributed by atoms with van der Waals surface area (Å²) in [6, 6.07) is 13.4. The molecular weight excluding hydrogens is 414 g/mol. The van der Waals surface area contributed by atoms with Gasteiger partial charge in [0.1, 0.15) is 10.6 Å². The Morgan fingerprint density at radius 3 is 2.81 bits per heavy atom. The molecule has 1 saturated heterocycles. The van der Waals surface area contributed by atoms with Crippen molar-refractivity contribution in [2.24, 2.45) is 10.1 Å². The summed E-state index contributed by atoms with van der Waals surface area (Å²) in [6.45, 7) is 4.56. The average molecular weight is 444 g/mol. The number of fused-ring (bicyclic) bond motifs is 1. The van der Waals surface area contributed by atoms with Gasteiger partial charge < -0.3 is 21.1 Å². The molecule has 31 heavy (non-hydrogen) atoms. The van der Waals surface area contributed by atoms with E-state index in [0.717, 1.165) is 18.7 Å². The van der Waals surface area contributed by atoms with Gasteiger partial charge in [-0.3, -0.25) is 4.90 Å². The number of nitrogens with one attached hydrogen (secondary N) is 2. The summed E-state index contributed by atoms with van der Waals surface area (Å²) >= 11 is 0. The number of anilines is 2. The fraction of sp³-hybridized carbons (Fsp3) is 0.409. The molecule has 0 amide bonds. The van der Waals surface area contributed by atoms with Gasteiger partial charge in [-0.2, -0.15) is 8.42 Å². The third-order valence-electron chi connectivity index (χ3n) is 5.41. The van der Waals surface area contributed by atoms with Crippen LogP contribution >= 0.6 is 0 Å². The first-order valence-electron chi connectivity index (χ1n) is 10.7. The van der Waals surface area contributed by atoms with Crippen LogP contribution in [0.3, 0.4) is 0 Å². The number of benzene rings is 2. The van der Waals surface area contributed by atoms with Crippen molar-refractivity contribution in [2.45, 2.75) is 37.1 Å². The van der Waals surface area contributed by atoms with Crippen LogP contribution in [0.2, 0.25) is 0 Å². The fourth-order valence-electron chi connectivity index (χ4n) is 3.89. The largest absolute Gasteiger partial charge is 0.494 e. The maximum absolute atomic E-state index is 12.2. The Hall–Kier alpha value is -2.78. The van der Waals surface area contributed by atoms with Crippen LogP contribution in [0.15, 0.2) is 51.8 Å². The molecule has 0 spiro atoms. The summed E-state index contributed by atoms with van der Waals surface area (Å²) in [5.74, 6) is 0.765. The predicted molar refractivity (Wildman–Crippen MR) is 123 cm³/mol. The Bertz CT molecular complexity index is 1050. The van der Waals surface area contributed by atoms with Crippen LogP contribution in [0.25, 0.3) is 0 Å². The zero-order valence-corrected chi connectivity index (χ0v) is 18.3. The van der Waals surface area contributed by atoms with Crippen molar-refractivity contribution >= 4 is 27.4 Å². The number of nitrogens with zero attached hydrogens (tertiary/aromatic N) is 2. The average Bonchev–Trinajstić information content (AvgIpc) is 2.74. The topological polar surface area (TPSA) is 109 Å². The van der Waals surface area contributed by atoms with E-state index in [2.05, 4.69) is 32.1 Å². The molecule has 4 N–H and O–H groups in total. The van der Waals surface area contributed by atoms with Crippen LogP contribution in [-0.4, -0.2) is 45.5 Å². The summed E-state index contributed by atoms with van der Waals surface area (Å²) < 4.78 is 33.7. The van der Waals surface area contributed by atoms with E-state index in [-0.39, 0.29) is 10.9 Å². The highest BCUT2D eigenvalue weighted by Gasteiger charge is 2.24. The van der Waals surface area contributed by atoms with Crippen LogP contribution < -0.4 is 21.1 Å². The molecule has 0 unspecified atom stereocenters. The standard InChI is InChI=1S/C22H29N5O3S/c23-22-25-20-9-8-18(15-21(20)31(28,29)26-22)24-10-5-13-30-19-7-4-6-17(14-19)16-27-11-2-1-3-12-27/h4,6-9,14-15,24H,1-3,5,10-13,16H2,(H3,23,25,26). The third-order valence-corrected chi connectivity index (χ3v) is 6.74. The van der Waals surface area contributed by atoms with Gasteiger partial charge in [0.2, 0.25) is 5.96 Å². The first kappa shape index (κ1) is 21.5. The second-order valence-corrected chi connectivity index (χ2v) is 9.47. The third kappa shape index (κ3) is 5.68. The SMILES string of the molecule is NC1=NS(=O)(=O)c2cc(NCCCOc3cccc(CN4CCCCC4)c3)ccc2N1. The maximum atomic E-state index is 12.2. The van der Waals surface area contributed by atoms with E-state index in [9.17, 15) is 8.42 Å². The van der Waals surface area contributed by atoms with Gasteiger partial charge in [0.25, 0.3) is 10.0 Å². The molecule has 0 radical (unpaired) electrons. The molecule has 1 fully saturated rings. The molecular formula is C22H29N5O3S. The molecule has 0 bridgehead atoms. The van der Waals surface area contributed by atoms with Crippen LogP contribution in [0.5, 0.6) is 5.75 Å². The summed E-state index contributed by atoms with van der Waals surface area (Å²) in [5, 5.41) is 6.00. The van der Waals surface area contributed by atoms with Crippen LogP contribution in [-0.2, 0) is 16.6 Å². The molecule has 9 heteroatoms. The van der Waals surface area contributed by atoms with Crippen molar-refractivity contribution in [2.75, 3.05) is 36.9 Å². The molecule has 0 aliphatic carbocycles. The highest BCUT2D eigenvalue weighted by Crippen LogP contribution is 2.29. The first-order chi connectivity index (χ1) is 15.0. The Balaban J connectivity index is 1.24. The normalized spacial score (nSPS) is 17.9. The van der Waals surface area contributed by atoms with Gasteiger partial charge in [-0.15, -0.1) is 4.40 Å². The fourth-order valence-corrected chi connectivity index (χ4v) is 4.97. The van der Waals surface area contributed by atoms with Crippen LogP contribution in [0.1, 0.15) is 31.2 Å². The Morgan fingerprint density at radius 2 is 1.97 bits per heavy atom. The number of hydrogen-bond acceptors (Lipinski definition) is 7. The number of sulfonamides is 1. The molecule has 2 aromatic rings. The lowest BCUT2D eigenvalue weighted by atomic mass is 10.1. The molecule has 0 aromatic heterocycles. The molecule has 2 heterocycles. The Morgan fingerprint density at radius 1 is 1.13 bits per heavy atom. The predicted octanol–water partition coefficient (Wildman–Crippen LogP) is 2.98. The second-order valence-electron chi connectivity index (χ2n) is 7.90. The van der Waals surface area contributed by atoms with Crippen molar-refractivity contribution in [3.8, 4) is 5.75 Å². The molecule has 166 valence electrons. The van der Waals surface area contributed by atoms with Gasteiger partial charge in [0.05, 0.1) is 12.3 Å². The van der Waals surface area contributed by atoms with Gasteiger partial charge in [-0.25, -0.2) is 0 Å². The van der Waals surface area contributed by atoms with Crippen molar-refractivity contribution in [1.82, 2.24) is 4.90 Å². The van der Waals surface area contributed by atoms with E-state index in [1.807, 2.05) is 18.2 Å². The zero-order valence-electron chi connectivity index (χ0n) is 17.5. The van der Waals surface area contributed by atoms with E-state index in [1.54, 1.807) is 12.1 Å². The number of hydrogen-bond donors (Lipinski definition) is 3. The van der Waals surface area contributed by atoms with Crippen LogP contribution in [0, 0.1) is 0 Å². The van der Waals surface area contributed by atoms with E-state index < -0.39 is 10.0 Å². The lowest BCUT2D eigenvalue weighted by Gasteiger charge is -2.26. The number of guanidine groups is 1. The smallest absolute Gasteiger partial charge is 0.287 e. The van der Waals surface area contributed by atoms with Crippen molar-refractivity contribution in [3.63, 3.8) is 0 Å². The van der Waals surface area contributed by atoms with E-state index >= 15 is 0 Å². The van der Waals surface area contributed by atoms with Crippen molar-refractivity contribution < 1.29 is 13.2 Å². The lowest BCUT2D eigenvalue weighted by molar-refractivity contribution is 0.220. The molecule has 0 saturated carbocycles. The minimum absolute atomic E-state index is 0.119.